The smallest absolute Gasteiger partial charge is 0.265 e. The fourth-order valence-electron chi connectivity index (χ4n) is 2.50. The second kappa shape index (κ2) is 3.20. The first-order valence-electron chi connectivity index (χ1n) is 5.15. The lowest BCUT2D eigenvalue weighted by molar-refractivity contribution is 0.340. The van der Waals surface area contributed by atoms with Gasteiger partial charge in [-0.1, -0.05) is 5.10 Å². The largest absolute Gasteiger partial charge is 0.336 e. The van der Waals surface area contributed by atoms with Crippen LogP contribution in [0.25, 0.3) is 0 Å². The summed E-state index contributed by atoms with van der Waals surface area (Å²) in [6, 6.07) is 0.627. The number of aromatic nitrogens is 4. The molecule has 76 valence electrons. The summed E-state index contributed by atoms with van der Waals surface area (Å²) < 4.78 is 0. The fourth-order valence-corrected chi connectivity index (χ4v) is 2.50. The molecule has 0 aromatic carbocycles. The minimum atomic E-state index is 0.627. The molecule has 1 aromatic rings. The number of fused-ring (bicyclic) bond motifs is 1. The van der Waals surface area contributed by atoms with Crippen LogP contribution in [-0.2, 0) is 0 Å². The second-order valence-electron chi connectivity index (χ2n) is 4.08. The summed E-state index contributed by atoms with van der Waals surface area (Å²) >= 11 is 0. The molecule has 0 radical (unpaired) electrons. The number of tetrazole rings is 1. The monoisotopic (exact) mass is 194 g/mol. The second-order valence-corrected chi connectivity index (χ2v) is 4.08. The van der Waals surface area contributed by atoms with Gasteiger partial charge in [-0.05, 0) is 30.5 Å². The molecule has 0 aliphatic carbocycles. The average Bonchev–Trinajstić information content (AvgIpc) is 2.86. The van der Waals surface area contributed by atoms with Crippen LogP contribution in [0, 0.1) is 5.92 Å². The molecule has 3 rings (SSSR count). The van der Waals surface area contributed by atoms with Gasteiger partial charge in [0, 0.05) is 19.1 Å². The van der Waals surface area contributed by atoms with Crippen LogP contribution in [0.15, 0.2) is 0 Å². The zero-order valence-electron chi connectivity index (χ0n) is 7.98. The van der Waals surface area contributed by atoms with Crippen molar-refractivity contribution >= 4 is 5.95 Å². The maximum atomic E-state index is 4.01. The Kier molecular flexibility index (Phi) is 1.86. The highest BCUT2D eigenvalue weighted by Crippen LogP contribution is 2.26. The van der Waals surface area contributed by atoms with E-state index in [1.807, 2.05) is 0 Å². The maximum Gasteiger partial charge on any atom is 0.265 e. The Morgan fingerprint density at radius 1 is 1.36 bits per heavy atom. The molecule has 14 heavy (non-hydrogen) atoms. The Morgan fingerprint density at radius 3 is 3.14 bits per heavy atom. The Morgan fingerprint density at radius 2 is 2.36 bits per heavy atom. The van der Waals surface area contributed by atoms with E-state index in [0.29, 0.717) is 6.04 Å². The zero-order chi connectivity index (χ0) is 9.38. The van der Waals surface area contributed by atoms with E-state index >= 15 is 0 Å². The third kappa shape index (κ3) is 1.26. The number of anilines is 1. The molecule has 0 spiro atoms. The highest BCUT2D eigenvalue weighted by Gasteiger charge is 2.35. The van der Waals surface area contributed by atoms with Crippen molar-refractivity contribution in [1.29, 1.82) is 0 Å². The Hall–Kier alpha value is -1.17. The van der Waals surface area contributed by atoms with Crippen LogP contribution in [0.3, 0.4) is 0 Å². The SMILES string of the molecule is C1CNC2CN(c3nn[nH]n3)CC2C1. The van der Waals surface area contributed by atoms with E-state index in [-0.39, 0.29) is 0 Å². The summed E-state index contributed by atoms with van der Waals surface area (Å²) in [4.78, 5) is 2.21. The molecule has 6 heteroatoms. The highest BCUT2D eigenvalue weighted by molar-refractivity contribution is 5.30. The third-order valence-electron chi connectivity index (χ3n) is 3.22. The van der Waals surface area contributed by atoms with Crippen molar-refractivity contribution < 1.29 is 0 Å². The first-order valence-corrected chi connectivity index (χ1v) is 5.15. The molecule has 2 aliphatic rings. The molecule has 2 fully saturated rings. The van der Waals surface area contributed by atoms with Crippen molar-refractivity contribution in [3.63, 3.8) is 0 Å². The van der Waals surface area contributed by atoms with Crippen molar-refractivity contribution in [3.8, 4) is 0 Å². The van der Waals surface area contributed by atoms with Crippen molar-refractivity contribution in [1.82, 2.24) is 25.9 Å². The van der Waals surface area contributed by atoms with Gasteiger partial charge >= 0.3 is 0 Å². The minimum Gasteiger partial charge on any atom is -0.336 e. The summed E-state index contributed by atoms with van der Waals surface area (Å²) in [6.07, 6.45) is 2.62. The minimum absolute atomic E-state index is 0.627. The van der Waals surface area contributed by atoms with E-state index in [1.54, 1.807) is 0 Å². The molecule has 2 saturated heterocycles. The van der Waals surface area contributed by atoms with Crippen LogP contribution in [0.5, 0.6) is 0 Å². The van der Waals surface area contributed by atoms with Gasteiger partial charge in [0.1, 0.15) is 0 Å². The summed E-state index contributed by atoms with van der Waals surface area (Å²) in [5, 5.41) is 17.6. The number of aromatic amines is 1. The number of nitrogens with zero attached hydrogens (tertiary/aromatic N) is 4. The van der Waals surface area contributed by atoms with Gasteiger partial charge < -0.3 is 10.2 Å². The molecule has 2 N–H and O–H groups in total. The molecular weight excluding hydrogens is 180 g/mol. The van der Waals surface area contributed by atoms with Gasteiger partial charge in [0.25, 0.3) is 5.95 Å². The Bertz CT molecular complexity index is 283. The summed E-state index contributed by atoms with van der Waals surface area (Å²) in [5.41, 5.74) is 0. The lowest BCUT2D eigenvalue weighted by atomic mass is 9.94. The summed E-state index contributed by atoms with van der Waals surface area (Å²) in [7, 11) is 0. The average molecular weight is 194 g/mol. The van der Waals surface area contributed by atoms with Gasteiger partial charge in [0.2, 0.25) is 0 Å². The van der Waals surface area contributed by atoms with Gasteiger partial charge in [-0.15, -0.1) is 5.10 Å². The molecule has 2 atom stereocenters. The van der Waals surface area contributed by atoms with E-state index in [4.69, 9.17) is 0 Å². The van der Waals surface area contributed by atoms with E-state index in [9.17, 15) is 0 Å². The van der Waals surface area contributed by atoms with Gasteiger partial charge in [-0.2, -0.15) is 5.21 Å². The van der Waals surface area contributed by atoms with E-state index in [1.165, 1.54) is 12.8 Å². The first kappa shape index (κ1) is 8.16. The van der Waals surface area contributed by atoms with Crippen LogP contribution in [0.4, 0.5) is 5.95 Å². The van der Waals surface area contributed by atoms with Gasteiger partial charge in [-0.25, -0.2) is 0 Å². The van der Waals surface area contributed by atoms with Crippen molar-refractivity contribution in [2.24, 2.45) is 5.92 Å². The summed E-state index contributed by atoms with van der Waals surface area (Å²) in [6.45, 7) is 3.24. The number of rotatable bonds is 1. The molecule has 6 nitrogen and oxygen atoms in total. The maximum absolute atomic E-state index is 4.01. The van der Waals surface area contributed by atoms with Crippen LogP contribution in [-0.4, -0.2) is 46.3 Å². The summed E-state index contributed by atoms with van der Waals surface area (Å²) in [5.74, 6) is 1.50. The fraction of sp³-hybridized carbons (Fsp3) is 0.875. The van der Waals surface area contributed by atoms with Crippen LogP contribution < -0.4 is 10.2 Å². The van der Waals surface area contributed by atoms with Gasteiger partial charge in [0.05, 0.1) is 0 Å². The number of piperidine rings is 1. The molecule has 0 amide bonds. The van der Waals surface area contributed by atoms with Crippen LogP contribution >= 0.6 is 0 Å². The highest BCUT2D eigenvalue weighted by atomic mass is 15.5. The molecule has 0 bridgehead atoms. The predicted octanol–water partition coefficient (Wildman–Crippen LogP) is -0.612. The standard InChI is InChI=1S/C8H14N6/c1-2-6-4-14(5-7(6)9-3-1)8-10-12-13-11-8/h6-7,9H,1-5H2,(H,10,11,12,13). The lowest BCUT2D eigenvalue weighted by Gasteiger charge is -2.24. The van der Waals surface area contributed by atoms with Crippen LogP contribution in [0.2, 0.25) is 0 Å². The number of hydrogen-bond donors (Lipinski definition) is 2. The number of H-pyrrole nitrogens is 1. The van der Waals surface area contributed by atoms with E-state index in [2.05, 4.69) is 30.8 Å². The van der Waals surface area contributed by atoms with E-state index in [0.717, 1.165) is 31.5 Å². The van der Waals surface area contributed by atoms with E-state index < -0.39 is 0 Å². The quantitative estimate of drug-likeness (QED) is 0.624. The number of nitrogens with one attached hydrogen (secondary N) is 2. The zero-order valence-corrected chi connectivity index (χ0v) is 7.98. The molecule has 2 aliphatic heterocycles. The molecular formula is C8H14N6. The number of hydrogen-bond acceptors (Lipinski definition) is 5. The van der Waals surface area contributed by atoms with Gasteiger partial charge in [-0.3, -0.25) is 0 Å². The van der Waals surface area contributed by atoms with Crippen molar-refractivity contribution in [2.45, 2.75) is 18.9 Å². The lowest BCUT2D eigenvalue weighted by Crippen LogP contribution is -2.40. The van der Waals surface area contributed by atoms with Gasteiger partial charge in [0.15, 0.2) is 0 Å². The van der Waals surface area contributed by atoms with Crippen molar-refractivity contribution in [3.05, 3.63) is 0 Å². The Balaban J connectivity index is 1.74. The molecule has 2 unspecified atom stereocenters. The normalized spacial score (nSPS) is 31.9. The van der Waals surface area contributed by atoms with Crippen LogP contribution in [0.1, 0.15) is 12.8 Å². The molecule has 0 saturated carbocycles. The third-order valence-corrected chi connectivity index (χ3v) is 3.22. The Labute approximate surface area is 82.1 Å². The first-order chi connectivity index (χ1) is 6.93. The predicted molar refractivity (Wildman–Crippen MR) is 50.9 cm³/mol. The molecule has 1 aromatic heterocycles. The van der Waals surface area contributed by atoms with Crippen molar-refractivity contribution in [2.75, 3.05) is 24.5 Å². The topological polar surface area (TPSA) is 69.7 Å². The molecule has 3 heterocycles.